The van der Waals surface area contributed by atoms with Crippen molar-refractivity contribution in [3.8, 4) is 0 Å². The lowest BCUT2D eigenvalue weighted by Gasteiger charge is -2.27. The number of fused-ring (bicyclic) bond motifs is 1. The fourth-order valence-corrected chi connectivity index (χ4v) is 3.65. The number of carbonyl (C=O) groups is 1. The van der Waals surface area contributed by atoms with Crippen molar-refractivity contribution in [1.29, 1.82) is 0 Å². The van der Waals surface area contributed by atoms with Crippen molar-refractivity contribution in [2.75, 3.05) is 23.0 Å². The highest BCUT2D eigenvalue weighted by molar-refractivity contribution is 8.00. The van der Waals surface area contributed by atoms with Crippen LogP contribution in [0.3, 0.4) is 0 Å². The van der Waals surface area contributed by atoms with E-state index in [1.165, 1.54) is 18.4 Å². The van der Waals surface area contributed by atoms with Crippen molar-refractivity contribution < 1.29 is 4.79 Å². The Morgan fingerprint density at radius 3 is 2.95 bits per heavy atom. The number of anilines is 1. The number of rotatable bonds is 3. The molecule has 2 fully saturated rings. The molecule has 2 aromatic heterocycles. The molecule has 1 amide bonds. The van der Waals surface area contributed by atoms with E-state index in [4.69, 9.17) is 5.73 Å². The lowest BCUT2D eigenvalue weighted by molar-refractivity contribution is -0.116. The van der Waals surface area contributed by atoms with E-state index in [-0.39, 0.29) is 5.91 Å². The van der Waals surface area contributed by atoms with Crippen LogP contribution in [-0.2, 0) is 11.3 Å². The zero-order valence-electron chi connectivity index (χ0n) is 11.8. The lowest BCUT2D eigenvalue weighted by Crippen LogP contribution is -2.38. The maximum atomic E-state index is 12.3. The van der Waals surface area contributed by atoms with E-state index in [0.29, 0.717) is 18.2 Å². The number of nitrogens with zero attached hydrogens (tertiary/aromatic N) is 3. The van der Waals surface area contributed by atoms with Crippen LogP contribution >= 0.6 is 11.8 Å². The maximum absolute atomic E-state index is 12.3. The minimum absolute atomic E-state index is 0.179. The Kier molecular flexibility index (Phi) is 3.15. The molecule has 0 spiro atoms. The molecule has 0 unspecified atom stereocenters. The zero-order chi connectivity index (χ0) is 14.4. The number of pyridine rings is 1. The van der Waals surface area contributed by atoms with E-state index in [9.17, 15) is 4.79 Å². The van der Waals surface area contributed by atoms with Gasteiger partial charge in [-0.2, -0.15) is 11.8 Å². The van der Waals surface area contributed by atoms with Crippen LogP contribution < -0.4 is 10.6 Å². The average Bonchev–Trinajstić information content (AvgIpc) is 3.26. The van der Waals surface area contributed by atoms with Gasteiger partial charge in [0.15, 0.2) is 5.65 Å². The molecule has 1 aliphatic heterocycles. The molecule has 3 heterocycles. The molecule has 0 aromatic carbocycles. The zero-order valence-corrected chi connectivity index (χ0v) is 12.6. The van der Waals surface area contributed by atoms with Crippen molar-refractivity contribution in [2.45, 2.75) is 25.3 Å². The molecule has 110 valence electrons. The summed E-state index contributed by atoms with van der Waals surface area (Å²) in [5.41, 5.74) is 9.69. The molecule has 0 radical (unpaired) electrons. The Morgan fingerprint density at radius 2 is 2.24 bits per heavy atom. The van der Waals surface area contributed by atoms with Gasteiger partial charge in [0.05, 0.1) is 17.1 Å². The first-order valence-electron chi connectivity index (χ1n) is 7.36. The molecule has 0 atom stereocenters. The maximum Gasteiger partial charge on any atom is 0.237 e. The smallest absolute Gasteiger partial charge is 0.237 e. The van der Waals surface area contributed by atoms with E-state index in [2.05, 4.69) is 17.2 Å². The number of thioether (sulfide) groups is 1. The number of imidazole rings is 1. The second-order valence-corrected chi connectivity index (χ2v) is 6.80. The summed E-state index contributed by atoms with van der Waals surface area (Å²) in [4.78, 5) is 18.7. The first-order valence-corrected chi connectivity index (χ1v) is 8.51. The molecule has 1 saturated heterocycles. The molecule has 6 heteroatoms. The second-order valence-electron chi connectivity index (χ2n) is 5.70. The largest absolute Gasteiger partial charge is 0.325 e. The Balaban J connectivity index is 1.87. The van der Waals surface area contributed by atoms with Gasteiger partial charge in [0, 0.05) is 31.2 Å². The van der Waals surface area contributed by atoms with Gasteiger partial charge in [-0.1, -0.05) is 0 Å². The van der Waals surface area contributed by atoms with Crippen molar-refractivity contribution in [2.24, 2.45) is 5.73 Å². The Labute approximate surface area is 127 Å². The summed E-state index contributed by atoms with van der Waals surface area (Å²) in [6.07, 6.45) is 6.61. The van der Waals surface area contributed by atoms with Crippen LogP contribution in [-0.4, -0.2) is 33.3 Å². The molecule has 2 aromatic rings. The van der Waals surface area contributed by atoms with E-state index in [1.54, 1.807) is 11.8 Å². The first-order chi connectivity index (χ1) is 10.3. The van der Waals surface area contributed by atoms with Gasteiger partial charge in [-0.05, 0) is 30.4 Å². The molecular formula is C15H18N4OS. The summed E-state index contributed by atoms with van der Waals surface area (Å²) in [7, 11) is 0. The predicted octanol–water partition coefficient (Wildman–Crippen LogP) is 1.75. The van der Waals surface area contributed by atoms with Gasteiger partial charge in [-0.25, -0.2) is 4.98 Å². The fraction of sp³-hybridized carbons (Fsp3) is 0.467. The Hall–Kier alpha value is -1.53. The molecular weight excluding hydrogens is 284 g/mol. The van der Waals surface area contributed by atoms with Crippen LogP contribution in [0, 0.1) is 0 Å². The number of nitrogens with two attached hydrogens (primary N) is 1. The van der Waals surface area contributed by atoms with E-state index in [0.717, 1.165) is 29.3 Å². The van der Waals surface area contributed by atoms with Crippen LogP contribution in [0.2, 0.25) is 0 Å². The highest BCUT2D eigenvalue weighted by atomic mass is 32.2. The van der Waals surface area contributed by atoms with Crippen LogP contribution in [0.1, 0.15) is 30.0 Å². The summed E-state index contributed by atoms with van der Waals surface area (Å²) in [5.74, 6) is 2.37. The highest BCUT2D eigenvalue weighted by Crippen LogP contribution is 2.42. The number of aromatic nitrogens is 2. The van der Waals surface area contributed by atoms with Gasteiger partial charge in [-0.3, -0.25) is 4.79 Å². The van der Waals surface area contributed by atoms with Gasteiger partial charge in [0.25, 0.3) is 0 Å². The van der Waals surface area contributed by atoms with E-state index < -0.39 is 0 Å². The standard InChI is InChI=1S/C15H18N4OS/c16-6-12-8-18-7-11(10-1-2-10)5-13(15(18)17-12)19-3-4-21-9-14(19)20/h5,7-8,10H,1-4,6,9,16H2. The predicted molar refractivity (Wildman–Crippen MR) is 84.7 cm³/mol. The van der Waals surface area contributed by atoms with Crippen LogP contribution in [0.4, 0.5) is 5.69 Å². The molecule has 2 N–H and O–H groups in total. The quantitative estimate of drug-likeness (QED) is 0.938. The third kappa shape index (κ3) is 2.32. The Morgan fingerprint density at radius 1 is 1.38 bits per heavy atom. The van der Waals surface area contributed by atoms with Gasteiger partial charge >= 0.3 is 0 Å². The van der Waals surface area contributed by atoms with Crippen molar-refractivity contribution >= 4 is 29.0 Å². The molecule has 1 aliphatic carbocycles. The molecule has 1 saturated carbocycles. The summed E-state index contributed by atoms with van der Waals surface area (Å²) in [6, 6.07) is 2.16. The third-order valence-corrected chi connectivity index (χ3v) is 5.06. The molecule has 5 nitrogen and oxygen atoms in total. The van der Waals surface area contributed by atoms with Gasteiger partial charge in [-0.15, -0.1) is 0 Å². The van der Waals surface area contributed by atoms with Crippen LogP contribution in [0.5, 0.6) is 0 Å². The summed E-state index contributed by atoms with van der Waals surface area (Å²) in [6.45, 7) is 1.18. The van der Waals surface area contributed by atoms with Gasteiger partial charge < -0.3 is 15.0 Å². The number of hydrogen-bond acceptors (Lipinski definition) is 4. The van der Waals surface area contributed by atoms with Gasteiger partial charge in [0.2, 0.25) is 5.91 Å². The van der Waals surface area contributed by atoms with E-state index >= 15 is 0 Å². The third-order valence-electron chi connectivity index (χ3n) is 4.14. The number of carbonyl (C=O) groups excluding carboxylic acids is 1. The first kappa shape index (κ1) is 13.2. The van der Waals surface area contributed by atoms with Gasteiger partial charge in [0.1, 0.15) is 0 Å². The SMILES string of the molecule is NCc1cn2cc(C3CC3)cc(N3CCSCC3=O)c2n1. The fourth-order valence-electron chi connectivity index (χ4n) is 2.86. The lowest BCUT2D eigenvalue weighted by atomic mass is 10.1. The van der Waals surface area contributed by atoms with Crippen molar-refractivity contribution in [3.63, 3.8) is 0 Å². The topological polar surface area (TPSA) is 63.6 Å². The molecule has 4 rings (SSSR count). The molecule has 21 heavy (non-hydrogen) atoms. The summed E-state index contributed by atoms with van der Waals surface area (Å²) >= 11 is 1.70. The summed E-state index contributed by atoms with van der Waals surface area (Å²) < 4.78 is 2.04. The minimum Gasteiger partial charge on any atom is -0.325 e. The van der Waals surface area contributed by atoms with E-state index in [1.807, 2.05) is 15.5 Å². The number of hydrogen-bond donors (Lipinski definition) is 1. The number of amides is 1. The van der Waals surface area contributed by atoms with Crippen LogP contribution in [0.15, 0.2) is 18.5 Å². The Bertz CT molecular complexity index is 707. The minimum atomic E-state index is 0.179. The molecule has 2 aliphatic rings. The highest BCUT2D eigenvalue weighted by Gasteiger charge is 2.28. The molecule has 0 bridgehead atoms. The average molecular weight is 302 g/mol. The second kappa shape index (κ2) is 5.03. The normalized spacial score (nSPS) is 19.5. The van der Waals surface area contributed by atoms with Crippen molar-refractivity contribution in [3.05, 3.63) is 29.7 Å². The van der Waals surface area contributed by atoms with Crippen molar-refractivity contribution in [1.82, 2.24) is 9.38 Å². The monoisotopic (exact) mass is 302 g/mol. The van der Waals surface area contributed by atoms with Crippen LogP contribution in [0.25, 0.3) is 5.65 Å². The summed E-state index contributed by atoms with van der Waals surface area (Å²) in [5, 5.41) is 0.